The van der Waals surface area contributed by atoms with Crippen LogP contribution in [0.25, 0.3) is 11.0 Å². The highest BCUT2D eigenvalue weighted by atomic mass is 16.5. The molecule has 88 valence electrons. The first-order valence-corrected chi connectivity index (χ1v) is 5.50. The van der Waals surface area contributed by atoms with Gasteiger partial charge < -0.3 is 14.8 Å². The number of aromatic amines is 1. The fourth-order valence-electron chi connectivity index (χ4n) is 1.94. The topological polar surface area (TPSA) is 75.2 Å². The molecular weight excluding hydrogens is 220 g/mol. The fraction of sp³-hybridized carbons (Fsp3) is 0.333. The Bertz CT molecular complexity index is 599. The lowest BCUT2D eigenvalue weighted by atomic mass is 10.2. The van der Waals surface area contributed by atoms with Crippen LogP contribution in [0.1, 0.15) is 34.9 Å². The largest absolute Gasteiger partial charge is 0.497 e. The Morgan fingerprint density at radius 1 is 1.53 bits per heavy atom. The molecule has 1 aliphatic rings. The summed E-state index contributed by atoms with van der Waals surface area (Å²) in [7, 11) is 1.52. The maximum atomic E-state index is 11.2. The first-order valence-electron chi connectivity index (χ1n) is 5.50. The maximum absolute atomic E-state index is 11.2. The van der Waals surface area contributed by atoms with Crippen molar-refractivity contribution in [2.75, 3.05) is 7.11 Å². The predicted molar refractivity (Wildman–Crippen MR) is 61.6 cm³/mol. The van der Waals surface area contributed by atoms with Crippen LogP contribution in [0.2, 0.25) is 0 Å². The van der Waals surface area contributed by atoms with Crippen LogP contribution in [0.4, 0.5) is 0 Å². The first-order chi connectivity index (χ1) is 8.19. The van der Waals surface area contributed by atoms with Crippen molar-refractivity contribution in [1.82, 2.24) is 9.97 Å². The summed E-state index contributed by atoms with van der Waals surface area (Å²) in [6, 6.07) is 3.28. The van der Waals surface area contributed by atoms with Crippen LogP contribution >= 0.6 is 0 Å². The number of benzene rings is 1. The average Bonchev–Trinajstić information content (AvgIpc) is 3.07. The van der Waals surface area contributed by atoms with Gasteiger partial charge in [-0.1, -0.05) is 0 Å². The number of aromatic carboxylic acids is 1. The van der Waals surface area contributed by atoms with Crippen LogP contribution in [-0.4, -0.2) is 28.2 Å². The third-order valence-electron chi connectivity index (χ3n) is 3.01. The van der Waals surface area contributed by atoms with E-state index in [2.05, 4.69) is 9.97 Å². The van der Waals surface area contributed by atoms with Gasteiger partial charge in [0.2, 0.25) is 0 Å². The molecule has 0 bridgehead atoms. The minimum atomic E-state index is -0.984. The molecule has 3 rings (SSSR count). The third kappa shape index (κ3) is 1.63. The van der Waals surface area contributed by atoms with Crippen LogP contribution in [0.3, 0.4) is 0 Å². The summed E-state index contributed by atoms with van der Waals surface area (Å²) in [6.45, 7) is 0. The number of ether oxygens (including phenoxy) is 1. The zero-order valence-corrected chi connectivity index (χ0v) is 9.36. The van der Waals surface area contributed by atoms with Crippen LogP contribution in [0.15, 0.2) is 12.1 Å². The average molecular weight is 232 g/mol. The highest BCUT2D eigenvalue weighted by Crippen LogP contribution is 2.39. The molecular formula is C12H12N2O3. The van der Waals surface area contributed by atoms with E-state index in [1.165, 1.54) is 13.2 Å². The first kappa shape index (κ1) is 10.1. The van der Waals surface area contributed by atoms with Gasteiger partial charge in [0.05, 0.1) is 18.2 Å². The smallest absolute Gasteiger partial charge is 0.338 e. The van der Waals surface area contributed by atoms with Crippen molar-refractivity contribution in [2.24, 2.45) is 0 Å². The van der Waals surface area contributed by atoms with Gasteiger partial charge >= 0.3 is 5.97 Å². The van der Waals surface area contributed by atoms with Crippen molar-refractivity contribution in [3.05, 3.63) is 23.5 Å². The molecule has 0 atom stereocenters. The monoisotopic (exact) mass is 232 g/mol. The molecule has 5 nitrogen and oxygen atoms in total. The van der Waals surface area contributed by atoms with Gasteiger partial charge in [-0.15, -0.1) is 0 Å². The quantitative estimate of drug-likeness (QED) is 0.850. The summed E-state index contributed by atoms with van der Waals surface area (Å²) in [4.78, 5) is 18.7. The number of rotatable bonds is 3. The predicted octanol–water partition coefficient (Wildman–Crippen LogP) is 2.15. The van der Waals surface area contributed by atoms with Crippen molar-refractivity contribution < 1.29 is 14.6 Å². The Balaban J connectivity index is 2.23. The Hall–Kier alpha value is -2.04. The van der Waals surface area contributed by atoms with E-state index in [0.717, 1.165) is 24.2 Å². The van der Waals surface area contributed by atoms with E-state index in [-0.39, 0.29) is 5.56 Å². The number of hydrogen-bond donors (Lipinski definition) is 2. The summed E-state index contributed by atoms with van der Waals surface area (Å²) in [6.07, 6.45) is 2.25. The van der Waals surface area contributed by atoms with Gasteiger partial charge in [0, 0.05) is 12.0 Å². The lowest BCUT2D eigenvalue weighted by Crippen LogP contribution is -1.98. The Morgan fingerprint density at radius 2 is 2.29 bits per heavy atom. The van der Waals surface area contributed by atoms with Gasteiger partial charge in [0.25, 0.3) is 0 Å². The molecule has 0 saturated heterocycles. The molecule has 0 amide bonds. The Morgan fingerprint density at radius 3 is 2.88 bits per heavy atom. The van der Waals surface area contributed by atoms with Gasteiger partial charge in [-0.05, 0) is 18.9 Å². The van der Waals surface area contributed by atoms with Crippen LogP contribution in [0.5, 0.6) is 5.75 Å². The van der Waals surface area contributed by atoms with Crippen molar-refractivity contribution in [2.45, 2.75) is 18.8 Å². The molecule has 5 heteroatoms. The number of methoxy groups -OCH3 is 1. The number of hydrogen-bond acceptors (Lipinski definition) is 3. The van der Waals surface area contributed by atoms with Crippen LogP contribution < -0.4 is 4.74 Å². The van der Waals surface area contributed by atoms with Crippen molar-refractivity contribution in [1.29, 1.82) is 0 Å². The standard InChI is InChI=1S/C12H12N2O3/c1-17-7-4-8(12(15)16)10-9(5-7)13-11(14-10)6-2-3-6/h4-6H,2-3H2,1H3,(H,13,14)(H,15,16). The molecule has 1 aliphatic carbocycles. The molecule has 0 aliphatic heterocycles. The van der Waals surface area contributed by atoms with Crippen molar-refractivity contribution >= 4 is 17.0 Å². The second-order valence-corrected chi connectivity index (χ2v) is 4.27. The second-order valence-electron chi connectivity index (χ2n) is 4.27. The van der Waals surface area contributed by atoms with Crippen LogP contribution in [0, 0.1) is 0 Å². The summed E-state index contributed by atoms with van der Waals surface area (Å²) >= 11 is 0. The Kier molecular flexibility index (Phi) is 2.07. The number of H-pyrrole nitrogens is 1. The number of nitrogens with zero attached hydrogens (tertiary/aromatic N) is 1. The molecule has 0 radical (unpaired) electrons. The van der Waals surface area contributed by atoms with Crippen molar-refractivity contribution in [3.8, 4) is 5.75 Å². The SMILES string of the molecule is COc1cc(C(=O)O)c2nc(C3CC3)[nH]c2c1. The summed E-state index contributed by atoms with van der Waals surface area (Å²) in [5, 5.41) is 9.16. The summed E-state index contributed by atoms with van der Waals surface area (Å²) in [5.74, 6) is 0.898. The highest BCUT2D eigenvalue weighted by molar-refractivity contribution is 6.01. The van der Waals surface area contributed by atoms with Crippen LogP contribution in [-0.2, 0) is 0 Å². The molecule has 17 heavy (non-hydrogen) atoms. The van der Waals surface area contributed by atoms with E-state index in [4.69, 9.17) is 9.84 Å². The van der Waals surface area contributed by atoms with Gasteiger partial charge in [-0.25, -0.2) is 9.78 Å². The molecule has 2 aromatic rings. The summed E-state index contributed by atoms with van der Waals surface area (Å²) in [5.41, 5.74) is 1.42. The molecule has 1 aromatic heterocycles. The molecule has 2 N–H and O–H groups in total. The number of carboxylic acid groups (broad SMARTS) is 1. The molecule has 0 spiro atoms. The molecule has 1 saturated carbocycles. The Labute approximate surface area is 97.4 Å². The van der Waals surface area contributed by atoms with E-state index in [0.29, 0.717) is 17.2 Å². The van der Waals surface area contributed by atoms with Gasteiger partial charge in [-0.3, -0.25) is 0 Å². The van der Waals surface area contributed by atoms with Gasteiger partial charge in [0.1, 0.15) is 17.1 Å². The highest BCUT2D eigenvalue weighted by Gasteiger charge is 2.27. The van der Waals surface area contributed by atoms with Gasteiger partial charge in [-0.2, -0.15) is 0 Å². The molecule has 1 heterocycles. The second kappa shape index (κ2) is 3.48. The summed E-state index contributed by atoms with van der Waals surface area (Å²) < 4.78 is 5.09. The lowest BCUT2D eigenvalue weighted by molar-refractivity contribution is 0.0698. The number of carboxylic acids is 1. The maximum Gasteiger partial charge on any atom is 0.338 e. The van der Waals surface area contributed by atoms with E-state index >= 15 is 0 Å². The normalized spacial score (nSPS) is 15.1. The van der Waals surface area contributed by atoms with E-state index in [1.807, 2.05) is 0 Å². The number of fused-ring (bicyclic) bond motifs is 1. The number of aromatic nitrogens is 2. The number of imidazole rings is 1. The minimum Gasteiger partial charge on any atom is -0.497 e. The zero-order chi connectivity index (χ0) is 12.0. The zero-order valence-electron chi connectivity index (χ0n) is 9.36. The fourth-order valence-corrected chi connectivity index (χ4v) is 1.94. The van der Waals surface area contributed by atoms with E-state index in [9.17, 15) is 4.79 Å². The van der Waals surface area contributed by atoms with E-state index in [1.54, 1.807) is 6.07 Å². The lowest BCUT2D eigenvalue weighted by Gasteiger charge is -2.01. The van der Waals surface area contributed by atoms with Crippen molar-refractivity contribution in [3.63, 3.8) is 0 Å². The number of carbonyl (C=O) groups is 1. The molecule has 1 aromatic carbocycles. The molecule has 0 unspecified atom stereocenters. The number of nitrogens with one attached hydrogen (secondary N) is 1. The van der Waals surface area contributed by atoms with E-state index < -0.39 is 5.97 Å². The molecule has 1 fully saturated rings. The minimum absolute atomic E-state index is 0.183. The van der Waals surface area contributed by atoms with Gasteiger partial charge in [0.15, 0.2) is 0 Å². The third-order valence-corrected chi connectivity index (χ3v) is 3.01.